The Kier molecular flexibility index (Phi) is 6.49. The summed E-state index contributed by atoms with van der Waals surface area (Å²) in [6, 6.07) is 4.63. The first-order chi connectivity index (χ1) is 9.52. The molecule has 0 spiro atoms. The van der Waals surface area contributed by atoms with Crippen LogP contribution < -0.4 is 11.1 Å². The summed E-state index contributed by atoms with van der Waals surface area (Å²) >= 11 is 1.54. The molecular formula is C15H23FN2OS. The quantitative estimate of drug-likeness (QED) is 0.761. The van der Waals surface area contributed by atoms with Gasteiger partial charge >= 0.3 is 0 Å². The van der Waals surface area contributed by atoms with Crippen LogP contribution in [-0.2, 0) is 11.3 Å². The van der Waals surface area contributed by atoms with E-state index in [0.29, 0.717) is 25.9 Å². The fraction of sp³-hybridized carbons (Fsp3) is 0.533. The molecule has 3 nitrogen and oxygen atoms in total. The van der Waals surface area contributed by atoms with Crippen LogP contribution in [0, 0.1) is 11.2 Å². The van der Waals surface area contributed by atoms with Gasteiger partial charge in [-0.2, -0.15) is 0 Å². The molecule has 0 unspecified atom stereocenters. The SMILES string of the molecule is CCC(CC)(CN)C(=O)NCc1cc(F)ccc1SC. The number of thioether (sulfide) groups is 1. The first-order valence-corrected chi connectivity index (χ1v) is 8.06. The van der Waals surface area contributed by atoms with E-state index in [-0.39, 0.29) is 11.7 Å². The number of benzene rings is 1. The largest absolute Gasteiger partial charge is 0.351 e. The summed E-state index contributed by atoms with van der Waals surface area (Å²) in [5.74, 6) is -0.343. The summed E-state index contributed by atoms with van der Waals surface area (Å²) < 4.78 is 13.3. The minimum atomic E-state index is -0.521. The summed E-state index contributed by atoms with van der Waals surface area (Å²) in [4.78, 5) is 13.3. The minimum Gasteiger partial charge on any atom is -0.351 e. The van der Waals surface area contributed by atoms with Crippen LogP contribution in [0.25, 0.3) is 0 Å². The van der Waals surface area contributed by atoms with Crippen molar-refractivity contribution in [1.29, 1.82) is 0 Å². The van der Waals surface area contributed by atoms with Gasteiger partial charge in [0, 0.05) is 18.0 Å². The summed E-state index contributed by atoms with van der Waals surface area (Å²) in [6.07, 6.45) is 3.33. The van der Waals surface area contributed by atoms with Crippen molar-refractivity contribution in [1.82, 2.24) is 5.32 Å². The number of amides is 1. The lowest BCUT2D eigenvalue weighted by Crippen LogP contribution is -2.45. The van der Waals surface area contributed by atoms with E-state index < -0.39 is 5.41 Å². The van der Waals surface area contributed by atoms with E-state index in [1.807, 2.05) is 20.1 Å². The third-order valence-electron chi connectivity index (χ3n) is 3.91. The Labute approximate surface area is 124 Å². The molecule has 0 aliphatic carbocycles. The van der Waals surface area contributed by atoms with Crippen LogP contribution in [0.4, 0.5) is 4.39 Å². The number of halogens is 1. The second-order valence-corrected chi connectivity index (χ2v) is 5.68. The molecule has 0 fully saturated rings. The third-order valence-corrected chi connectivity index (χ3v) is 4.75. The van der Waals surface area contributed by atoms with Crippen molar-refractivity contribution >= 4 is 17.7 Å². The zero-order chi connectivity index (χ0) is 15.2. The summed E-state index contributed by atoms with van der Waals surface area (Å²) in [6.45, 7) is 4.58. The predicted octanol–water partition coefficient (Wildman–Crippen LogP) is 2.93. The zero-order valence-corrected chi connectivity index (χ0v) is 13.1. The van der Waals surface area contributed by atoms with Gasteiger partial charge in [-0.1, -0.05) is 13.8 Å². The molecule has 0 heterocycles. The van der Waals surface area contributed by atoms with Crippen LogP contribution in [0.3, 0.4) is 0 Å². The summed E-state index contributed by atoms with van der Waals surface area (Å²) in [5, 5.41) is 2.90. The molecule has 0 saturated heterocycles. The molecule has 0 aliphatic rings. The molecule has 0 aliphatic heterocycles. The second kappa shape index (κ2) is 7.64. The normalized spacial score (nSPS) is 11.4. The predicted molar refractivity (Wildman–Crippen MR) is 82.1 cm³/mol. The molecule has 1 aromatic rings. The monoisotopic (exact) mass is 298 g/mol. The number of hydrogen-bond acceptors (Lipinski definition) is 3. The van der Waals surface area contributed by atoms with Gasteiger partial charge in [0.05, 0.1) is 5.41 Å². The average molecular weight is 298 g/mol. The molecule has 1 rings (SSSR count). The standard InChI is InChI=1S/C15H23FN2OS/c1-4-15(5-2,10-17)14(19)18-9-11-8-12(16)6-7-13(11)20-3/h6-8H,4-5,9-10,17H2,1-3H3,(H,18,19). The van der Waals surface area contributed by atoms with Gasteiger partial charge < -0.3 is 11.1 Å². The first kappa shape index (κ1) is 17.0. The Morgan fingerprint density at radius 3 is 2.55 bits per heavy atom. The summed E-state index contributed by atoms with van der Waals surface area (Å²) in [5.41, 5.74) is 6.03. The van der Waals surface area contributed by atoms with E-state index in [4.69, 9.17) is 5.73 Å². The van der Waals surface area contributed by atoms with Crippen LogP contribution >= 0.6 is 11.8 Å². The number of carbonyl (C=O) groups is 1. The minimum absolute atomic E-state index is 0.0543. The number of nitrogens with one attached hydrogen (secondary N) is 1. The highest BCUT2D eigenvalue weighted by molar-refractivity contribution is 7.98. The number of hydrogen-bond donors (Lipinski definition) is 2. The van der Waals surface area contributed by atoms with Gasteiger partial charge in [-0.05, 0) is 42.9 Å². The molecule has 0 saturated carbocycles. The van der Waals surface area contributed by atoms with Crippen LogP contribution in [0.15, 0.2) is 23.1 Å². The number of rotatable bonds is 7. The number of nitrogens with two attached hydrogens (primary N) is 1. The zero-order valence-electron chi connectivity index (χ0n) is 12.3. The van der Waals surface area contributed by atoms with Gasteiger partial charge in [-0.3, -0.25) is 4.79 Å². The highest BCUT2D eigenvalue weighted by Crippen LogP contribution is 2.26. The fourth-order valence-electron chi connectivity index (χ4n) is 2.20. The molecule has 0 aromatic heterocycles. The maximum absolute atomic E-state index is 13.3. The van der Waals surface area contributed by atoms with Crippen molar-refractivity contribution in [2.75, 3.05) is 12.8 Å². The van der Waals surface area contributed by atoms with Crippen LogP contribution in [0.1, 0.15) is 32.3 Å². The van der Waals surface area contributed by atoms with Gasteiger partial charge in [-0.15, -0.1) is 11.8 Å². The first-order valence-electron chi connectivity index (χ1n) is 6.83. The van der Waals surface area contributed by atoms with Crippen molar-refractivity contribution in [2.45, 2.75) is 38.1 Å². The molecule has 3 N–H and O–H groups in total. The lowest BCUT2D eigenvalue weighted by molar-refractivity contribution is -0.131. The molecule has 0 bridgehead atoms. The van der Waals surface area contributed by atoms with Gasteiger partial charge in [-0.25, -0.2) is 4.39 Å². The number of carbonyl (C=O) groups excluding carboxylic acids is 1. The smallest absolute Gasteiger partial charge is 0.227 e. The summed E-state index contributed by atoms with van der Waals surface area (Å²) in [7, 11) is 0. The van der Waals surface area contributed by atoms with Gasteiger partial charge in [0.1, 0.15) is 5.82 Å². The van der Waals surface area contributed by atoms with Crippen molar-refractivity contribution in [3.05, 3.63) is 29.6 Å². The Morgan fingerprint density at radius 2 is 2.05 bits per heavy atom. The van der Waals surface area contributed by atoms with Crippen LogP contribution in [0.2, 0.25) is 0 Å². The van der Waals surface area contributed by atoms with Gasteiger partial charge in [0.25, 0.3) is 0 Å². The van der Waals surface area contributed by atoms with Crippen LogP contribution in [-0.4, -0.2) is 18.7 Å². The van der Waals surface area contributed by atoms with Crippen molar-refractivity contribution < 1.29 is 9.18 Å². The van der Waals surface area contributed by atoms with Crippen molar-refractivity contribution in [3.8, 4) is 0 Å². The lowest BCUT2D eigenvalue weighted by atomic mass is 9.81. The molecular weight excluding hydrogens is 275 g/mol. The van der Waals surface area contributed by atoms with E-state index in [1.54, 1.807) is 6.07 Å². The molecule has 20 heavy (non-hydrogen) atoms. The molecule has 1 amide bonds. The van der Waals surface area contributed by atoms with E-state index in [0.717, 1.165) is 10.5 Å². The topological polar surface area (TPSA) is 55.1 Å². The van der Waals surface area contributed by atoms with Gasteiger partial charge in [0.2, 0.25) is 5.91 Å². The van der Waals surface area contributed by atoms with E-state index in [9.17, 15) is 9.18 Å². The lowest BCUT2D eigenvalue weighted by Gasteiger charge is -2.28. The van der Waals surface area contributed by atoms with E-state index in [2.05, 4.69) is 5.32 Å². The van der Waals surface area contributed by atoms with Gasteiger partial charge in [0.15, 0.2) is 0 Å². The second-order valence-electron chi connectivity index (χ2n) is 4.83. The molecule has 1 aromatic carbocycles. The Hall–Kier alpha value is -1.07. The Bertz CT molecular complexity index is 453. The Balaban J connectivity index is 2.81. The highest BCUT2D eigenvalue weighted by atomic mass is 32.2. The van der Waals surface area contributed by atoms with Crippen molar-refractivity contribution in [3.63, 3.8) is 0 Å². The van der Waals surface area contributed by atoms with Crippen LogP contribution in [0.5, 0.6) is 0 Å². The molecule has 5 heteroatoms. The van der Waals surface area contributed by atoms with Crippen molar-refractivity contribution in [2.24, 2.45) is 11.1 Å². The third kappa shape index (κ3) is 3.73. The maximum atomic E-state index is 13.3. The van der Waals surface area contributed by atoms with E-state index >= 15 is 0 Å². The molecule has 0 radical (unpaired) electrons. The molecule has 0 atom stereocenters. The maximum Gasteiger partial charge on any atom is 0.227 e. The highest BCUT2D eigenvalue weighted by Gasteiger charge is 2.33. The fourth-order valence-corrected chi connectivity index (χ4v) is 2.80. The van der Waals surface area contributed by atoms with E-state index in [1.165, 1.54) is 23.9 Å². The molecule has 112 valence electrons. The Morgan fingerprint density at radius 1 is 1.40 bits per heavy atom. The average Bonchev–Trinajstić information content (AvgIpc) is 2.47.